The molecule has 0 fully saturated rings. The Bertz CT molecular complexity index is 300. The summed E-state index contributed by atoms with van der Waals surface area (Å²) in [6, 6.07) is 6.30. The molecule has 0 nitrogen and oxygen atoms in total. The number of benzene rings is 1. The molecule has 70 valence electrons. The Morgan fingerprint density at radius 2 is 2.15 bits per heavy atom. The van der Waals surface area contributed by atoms with Gasteiger partial charge in [0, 0.05) is 5.88 Å². The van der Waals surface area contributed by atoms with E-state index in [1.165, 1.54) is 11.1 Å². The van der Waals surface area contributed by atoms with Crippen LogP contribution in [0.3, 0.4) is 0 Å². The van der Waals surface area contributed by atoms with Crippen molar-refractivity contribution < 1.29 is 0 Å². The van der Waals surface area contributed by atoms with Crippen molar-refractivity contribution >= 4 is 17.7 Å². The quantitative estimate of drug-likeness (QED) is 0.633. The van der Waals surface area contributed by atoms with Gasteiger partial charge in [0.1, 0.15) is 0 Å². The lowest BCUT2D eigenvalue weighted by Crippen LogP contribution is -1.94. The first-order valence-electron chi connectivity index (χ1n) is 4.50. The highest BCUT2D eigenvalue weighted by Crippen LogP contribution is 2.22. The van der Waals surface area contributed by atoms with Crippen molar-refractivity contribution in [3.8, 4) is 0 Å². The number of rotatable bonds is 3. The van der Waals surface area contributed by atoms with E-state index in [1.54, 1.807) is 0 Å². The highest BCUT2D eigenvalue weighted by Gasteiger charge is 2.05. The second kappa shape index (κ2) is 4.48. The molecule has 0 aliphatic heterocycles. The maximum Gasteiger partial charge on any atom is 0.0476 e. The Labute approximate surface area is 85.2 Å². The summed E-state index contributed by atoms with van der Waals surface area (Å²) in [5.41, 5.74) is 3.72. The molecule has 0 aliphatic carbocycles. The molecule has 13 heavy (non-hydrogen) atoms. The Morgan fingerprint density at radius 3 is 2.62 bits per heavy atom. The van der Waals surface area contributed by atoms with Crippen LogP contribution in [0.15, 0.2) is 24.8 Å². The van der Waals surface area contributed by atoms with Crippen molar-refractivity contribution in [2.24, 2.45) is 0 Å². The number of hydrogen-bond acceptors (Lipinski definition) is 0. The first-order chi connectivity index (χ1) is 6.19. The molecule has 0 aliphatic rings. The zero-order valence-electron chi connectivity index (χ0n) is 8.18. The van der Waals surface area contributed by atoms with Crippen LogP contribution < -0.4 is 0 Å². The molecule has 0 saturated carbocycles. The molecule has 0 amide bonds. The average Bonchev–Trinajstić information content (AvgIpc) is 2.16. The van der Waals surface area contributed by atoms with Gasteiger partial charge in [-0.1, -0.05) is 44.7 Å². The summed E-state index contributed by atoms with van der Waals surface area (Å²) >= 11 is 5.85. The zero-order chi connectivity index (χ0) is 9.84. The van der Waals surface area contributed by atoms with Crippen molar-refractivity contribution in [1.29, 1.82) is 0 Å². The molecule has 0 atom stereocenters. The molecule has 0 heterocycles. The molecule has 0 saturated heterocycles. The van der Waals surface area contributed by atoms with E-state index in [0.29, 0.717) is 11.8 Å². The molecule has 0 spiro atoms. The fourth-order valence-electron chi connectivity index (χ4n) is 1.40. The van der Waals surface area contributed by atoms with Crippen molar-refractivity contribution in [3.63, 3.8) is 0 Å². The summed E-state index contributed by atoms with van der Waals surface area (Å²) in [7, 11) is 0. The van der Waals surface area contributed by atoms with Gasteiger partial charge in [-0.2, -0.15) is 0 Å². The van der Waals surface area contributed by atoms with Gasteiger partial charge in [0.05, 0.1) is 0 Å². The summed E-state index contributed by atoms with van der Waals surface area (Å²) in [5, 5.41) is 0. The third-order valence-corrected chi connectivity index (χ3v) is 2.46. The summed E-state index contributed by atoms with van der Waals surface area (Å²) in [6.07, 6.45) is 1.86. The lowest BCUT2D eigenvalue weighted by atomic mass is 9.96. The SMILES string of the molecule is C=Cc1ccc(CCl)c(C(C)C)c1. The molecule has 1 aromatic carbocycles. The van der Waals surface area contributed by atoms with Crippen LogP contribution in [0.1, 0.15) is 36.5 Å². The van der Waals surface area contributed by atoms with Crippen LogP contribution in [0.5, 0.6) is 0 Å². The Kier molecular flexibility index (Phi) is 3.56. The lowest BCUT2D eigenvalue weighted by Gasteiger charge is -2.11. The molecule has 0 bridgehead atoms. The topological polar surface area (TPSA) is 0 Å². The summed E-state index contributed by atoms with van der Waals surface area (Å²) in [6.45, 7) is 8.11. The third-order valence-electron chi connectivity index (χ3n) is 2.17. The van der Waals surface area contributed by atoms with Crippen molar-refractivity contribution in [2.45, 2.75) is 25.6 Å². The van der Waals surface area contributed by atoms with Crippen LogP contribution in [0.4, 0.5) is 0 Å². The molecule has 1 aromatic rings. The smallest absolute Gasteiger partial charge is 0.0476 e. The third kappa shape index (κ3) is 2.35. The first-order valence-corrected chi connectivity index (χ1v) is 5.03. The lowest BCUT2D eigenvalue weighted by molar-refractivity contribution is 0.854. The predicted molar refractivity (Wildman–Crippen MR) is 60.2 cm³/mol. The summed E-state index contributed by atoms with van der Waals surface area (Å²) < 4.78 is 0. The van der Waals surface area contributed by atoms with Crippen LogP contribution >= 0.6 is 11.6 Å². The van der Waals surface area contributed by atoms with E-state index in [-0.39, 0.29) is 0 Å². The second-order valence-corrected chi connectivity index (χ2v) is 3.72. The molecule has 1 heteroatoms. The fourth-order valence-corrected chi connectivity index (χ4v) is 1.64. The minimum absolute atomic E-state index is 0.522. The van der Waals surface area contributed by atoms with Gasteiger partial charge in [0.25, 0.3) is 0 Å². The van der Waals surface area contributed by atoms with E-state index in [4.69, 9.17) is 11.6 Å². The number of alkyl halides is 1. The van der Waals surface area contributed by atoms with Crippen LogP contribution in [-0.2, 0) is 5.88 Å². The van der Waals surface area contributed by atoms with Crippen molar-refractivity contribution in [1.82, 2.24) is 0 Å². The van der Waals surface area contributed by atoms with E-state index >= 15 is 0 Å². The summed E-state index contributed by atoms with van der Waals surface area (Å²) in [5.74, 6) is 1.11. The van der Waals surface area contributed by atoms with Gasteiger partial charge in [-0.3, -0.25) is 0 Å². The monoisotopic (exact) mass is 194 g/mol. The van der Waals surface area contributed by atoms with E-state index in [1.807, 2.05) is 6.08 Å². The van der Waals surface area contributed by atoms with Gasteiger partial charge < -0.3 is 0 Å². The van der Waals surface area contributed by atoms with Gasteiger partial charge in [-0.05, 0) is 22.6 Å². The van der Waals surface area contributed by atoms with Gasteiger partial charge in [-0.15, -0.1) is 11.6 Å². The van der Waals surface area contributed by atoms with Crippen LogP contribution in [0, 0.1) is 0 Å². The van der Waals surface area contributed by atoms with E-state index in [2.05, 4.69) is 38.6 Å². The maximum absolute atomic E-state index is 5.85. The Morgan fingerprint density at radius 1 is 1.46 bits per heavy atom. The van der Waals surface area contributed by atoms with Crippen LogP contribution in [0.2, 0.25) is 0 Å². The number of hydrogen-bond donors (Lipinski definition) is 0. The minimum Gasteiger partial charge on any atom is -0.122 e. The van der Waals surface area contributed by atoms with Crippen LogP contribution in [0.25, 0.3) is 6.08 Å². The Balaban J connectivity index is 3.17. The standard InChI is InChI=1S/C12H15Cl/c1-4-10-5-6-11(8-13)12(7-10)9(2)3/h4-7,9H,1,8H2,2-3H3. The minimum atomic E-state index is 0.522. The van der Waals surface area contributed by atoms with E-state index < -0.39 is 0 Å². The molecule has 0 N–H and O–H groups in total. The molecular formula is C12H15Cl. The first kappa shape index (κ1) is 10.3. The van der Waals surface area contributed by atoms with E-state index in [9.17, 15) is 0 Å². The number of halogens is 1. The van der Waals surface area contributed by atoms with E-state index in [0.717, 1.165) is 5.56 Å². The summed E-state index contributed by atoms with van der Waals surface area (Å²) in [4.78, 5) is 0. The van der Waals surface area contributed by atoms with Crippen molar-refractivity contribution in [2.75, 3.05) is 0 Å². The van der Waals surface area contributed by atoms with Crippen LogP contribution in [-0.4, -0.2) is 0 Å². The van der Waals surface area contributed by atoms with Crippen molar-refractivity contribution in [3.05, 3.63) is 41.5 Å². The van der Waals surface area contributed by atoms with Gasteiger partial charge in [0.15, 0.2) is 0 Å². The highest BCUT2D eigenvalue weighted by molar-refractivity contribution is 6.17. The molecule has 0 radical (unpaired) electrons. The maximum atomic E-state index is 5.85. The zero-order valence-corrected chi connectivity index (χ0v) is 8.93. The highest BCUT2D eigenvalue weighted by atomic mass is 35.5. The second-order valence-electron chi connectivity index (χ2n) is 3.45. The molecule has 1 rings (SSSR count). The molecule has 0 unspecified atom stereocenters. The average molecular weight is 195 g/mol. The van der Waals surface area contributed by atoms with Gasteiger partial charge in [-0.25, -0.2) is 0 Å². The van der Waals surface area contributed by atoms with Gasteiger partial charge in [0.2, 0.25) is 0 Å². The normalized spacial score (nSPS) is 10.5. The van der Waals surface area contributed by atoms with Gasteiger partial charge >= 0.3 is 0 Å². The predicted octanol–water partition coefficient (Wildman–Crippen LogP) is 4.19. The Hall–Kier alpha value is -0.750. The molecular weight excluding hydrogens is 180 g/mol. The largest absolute Gasteiger partial charge is 0.122 e. The fraction of sp³-hybridized carbons (Fsp3) is 0.333. The molecule has 0 aromatic heterocycles.